The van der Waals surface area contributed by atoms with Crippen molar-refractivity contribution in [1.29, 1.82) is 0 Å². The number of rotatable bonds is 7. The molecule has 4 aromatic rings. The molecule has 0 saturated heterocycles. The zero-order valence-electron chi connectivity index (χ0n) is 17.0. The number of aromatic nitrogens is 4. The van der Waals surface area contributed by atoms with Crippen LogP contribution in [0.5, 0.6) is 5.75 Å². The number of thioether (sulfide) groups is 1. The van der Waals surface area contributed by atoms with Gasteiger partial charge in [0.05, 0.1) is 33.8 Å². The summed E-state index contributed by atoms with van der Waals surface area (Å²) in [6.45, 7) is 1.80. The second-order valence-electron chi connectivity index (χ2n) is 6.57. The van der Waals surface area contributed by atoms with E-state index in [4.69, 9.17) is 27.9 Å². The predicted molar refractivity (Wildman–Crippen MR) is 129 cm³/mol. The monoisotopic (exact) mass is 505 g/mol. The van der Waals surface area contributed by atoms with Crippen LogP contribution >= 0.6 is 46.3 Å². The van der Waals surface area contributed by atoms with E-state index in [-0.39, 0.29) is 5.91 Å². The highest BCUT2D eigenvalue weighted by molar-refractivity contribution is 8.00. The maximum atomic E-state index is 12.8. The number of halogens is 2. The van der Waals surface area contributed by atoms with Crippen molar-refractivity contribution in [3.63, 3.8) is 0 Å². The average Bonchev–Trinajstić information content (AvgIpc) is 3.45. The second kappa shape index (κ2) is 9.91. The van der Waals surface area contributed by atoms with Gasteiger partial charge in [-0.25, -0.2) is 4.98 Å². The second-order valence-corrected chi connectivity index (χ2v) is 9.55. The van der Waals surface area contributed by atoms with Gasteiger partial charge in [0, 0.05) is 10.9 Å². The molecule has 0 spiro atoms. The largest absolute Gasteiger partial charge is 0.495 e. The van der Waals surface area contributed by atoms with Crippen molar-refractivity contribution >= 4 is 57.3 Å². The summed E-state index contributed by atoms with van der Waals surface area (Å²) < 4.78 is 7.21. The summed E-state index contributed by atoms with van der Waals surface area (Å²) in [6.07, 6.45) is 1.59. The number of carbonyl (C=O) groups excluding carboxylic acids is 1. The topological polar surface area (TPSA) is 81.9 Å². The van der Waals surface area contributed by atoms with Crippen molar-refractivity contribution < 1.29 is 9.53 Å². The predicted octanol–water partition coefficient (Wildman–Crippen LogP) is 5.83. The first kappa shape index (κ1) is 22.6. The van der Waals surface area contributed by atoms with E-state index in [1.165, 1.54) is 23.1 Å². The summed E-state index contributed by atoms with van der Waals surface area (Å²) in [5, 5.41) is 14.4. The molecule has 0 saturated carbocycles. The quantitative estimate of drug-likeness (QED) is 0.318. The molecule has 1 amide bonds. The van der Waals surface area contributed by atoms with Gasteiger partial charge in [-0.2, -0.15) is 0 Å². The number of nitrogens with one attached hydrogen (secondary N) is 1. The number of nitrogens with zero attached hydrogens (tertiary/aromatic N) is 4. The number of hydrogen-bond donors (Lipinski definition) is 1. The number of methoxy groups -OCH3 is 1. The first-order valence-electron chi connectivity index (χ1n) is 9.38. The summed E-state index contributed by atoms with van der Waals surface area (Å²) in [7, 11) is 1.60. The maximum absolute atomic E-state index is 12.8. The molecule has 1 unspecified atom stereocenters. The molecule has 2 aromatic heterocycles. The van der Waals surface area contributed by atoms with E-state index >= 15 is 0 Å². The third-order valence-corrected chi connectivity index (χ3v) is 7.02. The minimum absolute atomic E-state index is 0.195. The highest BCUT2D eigenvalue weighted by Crippen LogP contribution is 2.32. The molecular formula is C21H17Cl2N5O2S2. The third-order valence-electron chi connectivity index (χ3n) is 4.46. The van der Waals surface area contributed by atoms with Gasteiger partial charge in [0.25, 0.3) is 0 Å². The van der Waals surface area contributed by atoms with Crippen molar-refractivity contribution in [3.8, 4) is 22.7 Å². The van der Waals surface area contributed by atoms with Gasteiger partial charge in [-0.3, -0.25) is 9.36 Å². The van der Waals surface area contributed by atoms with Gasteiger partial charge in [0.15, 0.2) is 10.3 Å². The number of ether oxygens (including phenoxy) is 1. The van der Waals surface area contributed by atoms with Crippen LogP contribution in [0.4, 0.5) is 5.13 Å². The van der Waals surface area contributed by atoms with Crippen molar-refractivity contribution in [2.24, 2.45) is 0 Å². The van der Waals surface area contributed by atoms with Crippen LogP contribution in [0.15, 0.2) is 59.3 Å². The first-order valence-corrected chi connectivity index (χ1v) is 11.9. The molecule has 1 atom stereocenters. The Morgan fingerprint density at radius 1 is 1.22 bits per heavy atom. The van der Waals surface area contributed by atoms with E-state index in [2.05, 4.69) is 20.5 Å². The number of carbonyl (C=O) groups is 1. The Morgan fingerprint density at radius 2 is 2.03 bits per heavy atom. The highest BCUT2D eigenvalue weighted by atomic mass is 35.5. The molecular weight excluding hydrogens is 489 g/mol. The van der Waals surface area contributed by atoms with Crippen LogP contribution in [0.25, 0.3) is 16.9 Å². The minimum Gasteiger partial charge on any atom is -0.495 e. The van der Waals surface area contributed by atoms with Crippen LogP contribution in [0.3, 0.4) is 0 Å². The molecule has 4 rings (SSSR count). The van der Waals surface area contributed by atoms with Gasteiger partial charge in [-0.1, -0.05) is 53.2 Å². The lowest BCUT2D eigenvalue weighted by atomic mass is 10.2. The minimum atomic E-state index is -0.440. The van der Waals surface area contributed by atoms with Crippen molar-refractivity contribution in [1.82, 2.24) is 19.7 Å². The maximum Gasteiger partial charge on any atom is 0.239 e. The molecule has 32 heavy (non-hydrogen) atoms. The molecule has 0 fully saturated rings. The van der Waals surface area contributed by atoms with Gasteiger partial charge in [0.2, 0.25) is 5.91 Å². The Hall–Kier alpha value is -2.59. The van der Waals surface area contributed by atoms with E-state index in [0.717, 1.165) is 11.3 Å². The van der Waals surface area contributed by atoms with Crippen LogP contribution in [0, 0.1) is 0 Å². The average molecular weight is 506 g/mol. The number of para-hydroxylation sites is 2. The molecule has 2 aromatic carbocycles. The molecule has 7 nitrogen and oxygen atoms in total. The Morgan fingerprint density at radius 3 is 2.81 bits per heavy atom. The zero-order chi connectivity index (χ0) is 22.7. The van der Waals surface area contributed by atoms with Crippen LogP contribution < -0.4 is 10.1 Å². The van der Waals surface area contributed by atoms with Gasteiger partial charge in [-0.15, -0.1) is 21.5 Å². The Balaban J connectivity index is 1.45. The molecule has 11 heteroatoms. The lowest BCUT2D eigenvalue weighted by Crippen LogP contribution is -2.22. The van der Waals surface area contributed by atoms with Crippen molar-refractivity contribution in [2.75, 3.05) is 12.4 Å². The van der Waals surface area contributed by atoms with Gasteiger partial charge in [-0.05, 0) is 31.2 Å². The van der Waals surface area contributed by atoms with Crippen molar-refractivity contribution in [2.45, 2.75) is 17.3 Å². The van der Waals surface area contributed by atoms with E-state index in [1.54, 1.807) is 37.1 Å². The van der Waals surface area contributed by atoms with E-state index in [1.807, 2.05) is 35.7 Å². The summed E-state index contributed by atoms with van der Waals surface area (Å²) in [5.41, 5.74) is 2.32. The Kier molecular flexibility index (Phi) is 7.00. The van der Waals surface area contributed by atoms with Crippen LogP contribution in [-0.2, 0) is 4.79 Å². The SMILES string of the molecule is COc1ccccc1-n1cnnc1SC(C)C(=O)Nc1nc(-c2ccc(Cl)c(Cl)c2)cs1. The van der Waals surface area contributed by atoms with Gasteiger partial charge >= 0.3 is 0 Å². The molecule has 0 aliphatic rings. The van der Waals surface area contributed by atoms with E-state index in [9.17, 15) is 4.79 Å². The summed E-state index contributed by atoms with van der Waals surface area (Å²) in [4.78, 5) is 17.3. The molecule has 0 bridgehead atoms. The number of anilines is 1. The standard InChI is InChI=1S/C21H17Cl2N5O2S2/c1-12(32-21-27-24-11-28(21)17-5-3-4-6-18(17)30-2)19(29)26-20-25-16(10-31-20)13-7-8-14(22)15(23)9-13/h3-12H,1-2H3,(H,25,26,29). The molecule has 0 aliphatic heterocycles. The third kappa shape index (κ3) is 4.91. The summed E-state index contributed by atoms with van der Waals surface area (Å²) in [6, 6.07) is 12.8. The van der Waals surface area contributed by atoms with Crippen LogP contribution in [-0.4, -0.2) is 38.0 Å². The summed E-state index contributed by atoms with van der Waals surface area (Å²) in [5.74, 6) is 0.489. The molecule has 2 heterocycles. The van der Waals surface area contributed by atoms with Gasteiger partial charge < -0.3 is 10.1 Å². The summed E-state index contributed by atoms with van der Waals surface area (Å²) >= 11 is 14.7. The fourth-order valence-electron chi connectivity index (χ4n) is 2.84. The van der Waals surface area contributed by atoms with Crippen LogP contribution in [0.2, 0.25) is 10.0 Å². The lowest BCUT2D eigenvalue weighted by molar-refractivity contribution is -0.115. The highest BCUT2D eigenvalue weighted by Gasteiger charge is 2.21. The fourth-order valence-corrected chi connectivity index (χ4v) is 4.69. The smallest absolute Gasteiger partial charge is 0.239 e. The molecule has 0 radical (unpaired) electrons. The number of hydrogen-bond acceptors (Lipinski definition) is 7. The number of amides is 1. The lowest BCUT2D eigenvalue weighted by Gasteiger charge is -2.13. The van der Waals surface area contributed by atoms with Crippen molar-refractivity contribution in [3.05, 3.63) is 64.2 Å². The van der Waals surface area contributed by atoms with Gasteiger partial charge in [0.1, 0.15) is 12.1 Å². The Bertz CT molecular complexity index is 1260. The fraction of sp³-hybridized carbons (Fsp3) is 0.143. The first-order chi connectivity index (χ1) is 15.5. The number of benzene rings is 2. The molecule has 1 N–H and O–H groups in total. The Labute approximate surface area is 202 Å². The molecule has 0 aliphatic carbocycles. The zero-order valence-corrected chi connectivity index (χ0v) is 20.1. The van der Waals surface area contributed by atoms with Crippen LogP contribution in [0.1, 0.15) is 6.92 Å². The number of thiazole rings is 1. The van der Waals surface area contributed by atoms with E-state index < -0.39 is 5.25 Å². The molecule has 164 valence electrons. The van der Waals surface area contributed by atoms with E-state index in [0.29, 0.717) is 31.8 Å². The normalized spacial score (nSPS) is 11.9.